The molecule has 0 bridgehead atoms. The van der Waals surface area contributed by atoms with E-state index in [-0.39, 0.29) is 5.43 Å². The van der Waals surface area contributed by atoms with Crippen LogP contribution in [0.2, 0.25) is 5.02 Å². The maximum Gasteiger partial charge on any atom is 0.195 e. The number of hydrogen-bond donors (Lipinski definition) is 0. The lowest BCUT2D eigenvalue weighted by molar-refractivity contribution is 0.669. The minimum Gasteiger partial charge on any atom is -0.454 e. The van der Waals surface area contributed by atoms with Crippen molar-refractivity contribution in [3.63, 3.8) is 0 Å². The Hall–Kier alpha value is -2.36. The molecule has 0 fully saturated rings. The molecule has 0 saturated carbocycles. The first-order valence-corrected chi connectivity index (χ1v) is 8.38. The molecule has 0 unspecified atom stereocenters. The molecular weight excluding hydrogens is 328 g/mol. The van der Waals surface area contributed by atoms with E-state index in [9.17, 15) is 4.79 Å². The molecule has 0 aliphatic heterocycles. The molecule has 0 radical (unpaired) electrons. The fraction of sp³-hybridized carbons (Fsp3) is 0. The monoisotopic (exact) mass is 336 g/mol. The van der Waals surface area contributed by atoms with Crippen molar-refractivity contribution in [3.8, 4) is 0 Å². The summed E-state index contributed by atoms with van der Waals surface area (Å²) in [6.45, 7) is 0. The standard InChI is InChI=1S/C19H9ClO2S/c20-14-6-3-5-10-12-8-13-17(9-15(12)22-19(10)14)23-16-7-2-1-4-11(16)18(13)21/h1-9H. The molecule has 3 aromatic carbocycles. The van der Waals surface area contributed by atoms with Crippen LogP contribution in [-0.4, -0.2) is 0 Å². The van der Waals surface area contributed by atoms with Crippen molar-refractivity contribution < 1.29 is 4.42 Å². The lowest BCUT2D eigenvalue weighted by Crippen LogP contribution is -2.00. The van der Waals surface area contributed by atoms with Crippen LogP contribution in [0.3, 0.4) is 0 Å². The van der Waals surface area contributed by atoms with Gasteiger partial charge < -0.3 is 4.42 Å². The Kier molecular flexibility index (Phi) is 2.61. The summed E-state index contributed by atoms with van der Waals surface area (Å²) in [6.07, 6.45) is 0. The zero-order valence-electron chi connectivity index (χ0n) is 11.8. The lowest BCUT2D eigenvalue weighted by atomic mass is 10.1. The van der Waals surface area contributed by atoms with Crippen molar-refractivity contribution in [2.75, 3.05) is 0 Å². The van der Waals surface area contributed by atoms with Crippen molar-refractivity contribution >= 4 is 65.0 Å². The summed E-state index contributed by atoms with van der Waals surface area (Å²) in [7, 11) is 0. The van der Waals surface area contributed by atoms with Crippen molar-refractivity contribution in [3.05, 3.63) is 69.8 Å². The van der Waals surface area contributed by atoms with Crippen LogP contribution < -0.4 is 5.43 Å². The summed E-state index contributed by atoms with van der Waals surface area (Å²) in [5.74, 6) is 0. The molecule has 5 aromatic rings. The van der Waals surface area contributed by atoms with Crippen molar-refractivity contribution in [1.29, 1.82) is 0 Å². The average molecular weight is 337 g/mol. The SMILES string of the molecule is O=c1c2ccccc2sc2cc3oc4c(Cl)cccc4c3cc12. The molecule has 0 spiro atoms. The molecule has 2 aromatic heterocycles. The maximum absolute atomic E-state index is 12.8. The molecule has 0 atom stereocenters. The van der Waals surface area contributed by atoms with Crippen molar-refractivity contribution in [1.82, 2.24) is 0 Å². The van der Waals surface area contributed by atoms with Gasteiger partial charge in [-0.2, -0.15) is 0 Å². The van der Waals surface area contributed by atoms with Gasteiger partial charge in [-0.1, -0.05) is 35.9 Å². The number of rotatable bonds is 0. The fourth-order valence-electron chi connectivity index (χ4n) is 3.06. The second kappa shape index (κ2) is 4.57. The second-order valence-corrected chi connectivity index (χ2v) is 6.98. The second-order valence-electron chi connectivity index (χ2n) is 5.49. The molecule has 0 amide bonds. The molecule has 5 rings (SSSR count). The van der Waals surface area contributed by atoms with Crippen molar-refractivity contribution in [2.45, 2.75) is 0 Å². The van der Waals surface area contributed by atoms with E-state index in [1.54, 1.807) is 11.3 Å². The Labute approximate surface area is 139 Å². The quantitative estimate of drug-likeness (QED) is 0.326. The summed E-state index contributed by atoms with van der Waals surface area (Å²) < 4.78 is 7.83. The van der Waals surface area contributed by atoms with Crippen LogP contribution in [0, 0.1) is 0 Å². The summed E-state index contributed by atoms with van der Waals surface area (Å²) >= 11 is 7.83. The third-order valence-electron chi connectivity index (χ3n) is 4.15. The van der Waals surface area contributed by atoms with E-state index in [2.05, 4.69) is 0 Å². The zero-order chi connectivity index (χ0) is 15.6. The number of halogens is 1. The Morgan fingerprint density at radius 3 is 2.57 bits per heavy atom. The molecular formula is C19H9ClO2S. The Bertz CT molecular complexity index is 1300. The first-order chi connectivity index (χ1) is 11.2. The van der Waals surface area contributed by atoms with Gasteiger partial charge in [0.1, 0.15) is 5.58 Å². The molecule has 110 valence electrons. The molecule has 0 saturated heterocycles. The van der Waals surface area contributed by atoms with Gasteiger partial charge >= 0.3 is 0 Å². The first-order valence-electron chi connectivity index (χ1n) is 7.19. The highest BCUT2D eigenvalue weighted by atomic mass is 35.5. The van der Waals surface area contributed by atoms with Crippen molar-refractivity contribution in [2.24, 2.45) is 0 Å². The van der Waals surface area contributed by atoms with E-state index in [0.717, 1.165) is 36.5 Å². The molecule has 2 heterocycles. The largest absolute Gasteiger partial charge is 0.454 e. The summed E-state index contributed by atoms with van der Waals surface area (Å²) in [5.41, 5.74) is 1.49. The third kappa shape index (κ3) is 1.78. The Morgan fingerprint density at radius 2 is 1.65 bits per heavy atom. The van der Waals surface area contributed by atoms with Gasteiger partial charge in [0.15, 0.2) is 11.0 Å². The highest BCUT2D eigenvalue weighted by Gasteiger charge is 2.13. The lowest BCUT2D eigenvalue weighted by Gasteiger charge is -2.00. The highest BCUT2D eigenvalue weighted by Crippen LogP contribution is 2.36. The van der Waals surface area contributed by atoms with Crippen LogP contribution in [0.25, 0.3) is 42.1 Å². The average Bonchev–Trinajstić information content (AvgIpc) is 2.93. The highest BCUT2D eigenvalue weighted by molar-refractivity contribution is 7.24. The van der Waals surface area contributed by atoms with Gasteiger partial charge in [-0.15, -0.1) is 11.3 Å². The molecule has 23 heavy (non-hydrogen) atoms. The van der Waals surface area contributed by atoms with E-state index < -0.39 is 0 Å². The number of hydrogen-bond acceptors (Lipinski definition) is 3. The normalized spacial score (nSPS) is 11.9. The molecule has 2 nitrogen and oxygen atoms in total. The van der Waals surface area contributed by atoms with Gasteiger partial charge in [0.05, 0.1) is 5.02 Å². The number of fused-ring (bicyclic) bond motifs is 5. The maximum atomic E-state index is 12.8. The fourth-order valence-corrected chi connectivity index (χ4v) is 4.35. The number of para-hydroxylation sites is 1. The molecule has 0 aliphatic rings. The van der Waals surface area contributed by atoms with Gasteiger partial charge in [-0.3, -0.25) is 4.79 Å². The van der Waals surface area contributed by atoms with E-state index in [1.165, 1.54) is 0 Å². The van der Waals surface area contributed by atoms with Crippen LogP contribution in [0.5, 0.6) is 0 Å². The molecule has 4 heteroatoms. The van der Waals surface area contributed by atoms with Crippen LogP contribution in [-0.2, 0) is 0 Å². The van der Waals surface area contributed by atoms with Gasteiger partial charge in [0, 0.05) is 30.9 Å². The Balaban J connectivity index is 2.05. The topological polar surface area (TPSA) is 30.2 Å². The minimum atomic E-state index is 0.0626. The summed E-state index contributed by atoms with van der Waals surface area (Å²) in [5, 5.41) is 3.93. The van der Waals surface area contributed by atoms with Crippen LogP contribution >= 0.6 is 22.9 Å². The number of furan rings is 1. The number of benzene rings is 3. The van der Waals surface area contributed by atoms with Crippen LogP contribution in [0.1, 0.15) is 0 Å². The zero-order valence-corrected chi connectivity index (χ0v) is 13.4. The first kappa shape index (κ1) is 13.1. The van der Waals surface area contributed by atoms with Gasteiger partial charge in [-0.25, -0.2) is 0 Å². The van der Waals surface area contributed by atoms with E-state index in [1.807, 2.05) is 54.6 Å². The third-order valence-corrected chi connectivity index (χ3v) is 5.58. The smallest absolute Gasteiger partial charge is 0.195 e. The summed E-state index contributed by atoms with van der Waals surface area (Å²) in [4.78, 5) is 12.8. The minimum absolute atomic E-state index is 0.0626. The van der Waals surface area contributed by atoms with Gasteiger partial charge in [0.25, 0.3) is 0 Å². The van der Waals surface area contributed by atoms with Gasteiger partial charge in [0.2, 0.25) is 0 Å². The molecule has 0 N–H and O–H groups in total. The van der Waals surface area contributed by atoms with Crippen LogP contribution in [0.15, 0.2) is 63.8 Å². The molecule has 0 aliphatic carbocycles. The van der Waals surface area contributed by atoms with Gasteiger partial charge in [-0.05, 0) is 30.3 Å². The predicted molar refractivity (Wildman–Crippen MR) is 97.9 cm³/mol. The van der Waals surface area contributed by atoms with E-state index >= 15 is 0 Å². The predicted octanol–water partition coefficient (Wildman–Crippen LogP) is 5.97. The Morgan fingerprint density at radius 1 is 0.826 bits per heavy atom. The van der Waals surface area contributed by atoms with Crippen LogP contribution in [0.4, 0.5) is 0 Å². The van der Waals surface area contributed by atoms with E-state index in [4.69, 9.17) is 16.0 Å². The van der Waals surface area contributed by atoms with E-state index in [0.29, 0.717) is 10.6 Å². The summed E-state index contributed by atoms with van der Waals surface area (Å²) in [6, 6.07) is 17.2.